The van der Waals surface area contributed by atoms with Gasteiger partial charge in [-0.2, -0.15) is 0 Å². The number of carbonyl (C=O) groups excluding carboxylic acids is 1. The lowest BCUT2D eigenvalue weighted by molar-refractivity contribution is -0.115. The van der Waals surface area contributed by atoms with E-state index in [2.05, 4.69) is 29.4 Å². The monoisotopic (exact) mass is 412 g/mol. The van der Waals surface area contributed by atoms with Gasteiger partial charge in [-0.05, 0) is 44.0 Å². The quantitative estimate of drug-likeness (QED) is 0.544. The molecule has 2 aromatic carbocycles. The molecule has 0 radical (unpaired) electrons. The molecule has 0 aliphatic carbocycles. The highest BCUT2D eigenvalue weighted by Crippen LogP contribution is 2.29. The molecule has 7 heteroatoms. The summed E-state index contributed by atoms with van der Waals surface area (Å²) < 4.78 is 16.2. The first-order valence-electron chi connectivity index (χ1n) is 9.57. The molecule has 152 valence electrons. The van der Waals surface area contributed by atoms with Gasteiger partial charge in [0.05, 0.1) is 10.8 Å². The standard InChI is InChI=1S/C22H25FN4OS/c1-14(2)13-27-20(18-7-5-6-8-19(18)23)25-26-22(27)29-16(4)21(28)24-17-11-9-15(3)10-12-17/h5-12,14,16H,13H2,1-4H3,(H,24,28). The van der Waals surface area contributed by atoms with E-state index in [-0.39, 0.29) is 17.0 Å². The van der Waals surface area contributed by atoms with Crippen LogP contribution >= 0.6 is 11.8 Å². The molecule has 0 saturated carbocycles. The van der Waals surface area contributed by atoms with E-state index in [4.69, 9.17) is 0 Å². The number of rotatable bonds is 7. The number of aromatic nitrogens is 3. The molecule has 0 spiro atoms. The summed E-state index contributed by atoms with van der Waals surface area (Å²) in [7, 11) is 0. The molecule has 3 aromatic rings. The zero-order valence-electron chi connectivity index (χ0n) is 17.0. The molecule has 1 atom stereocenters. The Labute approximate surface area is 174 Å². The van der Waals surface area contributed by atoms with Crippen molar-refractivity contribution in [3.63, 3.8) is 0 Å². The number of nitrogens with one attached hydrogen (secondary N) is 1. The zero-order chi connectivity index (χ0) is 21.0. The molecule has 3 rings (SSSR count). The maximum atomic E-state index is 14.3. The van der Waals surface area contributed by atoms with Crippen molar-refractivity contribution in [2.45, 2.75) is 44.6 Å². The second kappa shape index (κ2) is 9.22. The maximum absolute atomic E-state index is 14.3. The Balaban J connectivity index is 1.81. The largest absolute Gasteiger partial charge is 0.325 e. The van der Waals surface area contributed by atoms with Gasteiger partial charge in [-0.1, -0.05) is 55.4 Å². The van der Waals surface area contributed by atoms with Crippen LogP contribution in [0.5, 0.6) is 0 Å². The SMILES string of the molecule is Cc1ccc(NC(=O)C(C)Sc2nnc(-c3ccccc3F)n2CC(C)C)cc1. The number of nitrogens with zero attached hydrogens (tertiary/aromatic N) is 3. The van der Waals surface area contributed by atoms with E-state index in [1.165, 1.54) is 17.8 Å². The van der Waals surface area contributed by atoms with Crippen molar-refractivity contribution in [2.24, 2.45) is 5.92 Å². The Morgan fingerprint density at radius 1 is 1.10 bits per heavy atom. The summed E-state index contributed by atoms with van der Waals surface area (Å²) in [6.07, 6.45) is 0. The minimum Gasteiger partial charge on any atom is -0.325 e. The Kier molecular flexibility index (Phi) is 6.69. The smallest absolute Gasteiger partial charge is 0.237 e. The molecule has 0 bridgehead atoms. The van der Waals surface area contributed by atoms with E-state index in [9.17, 15) is 9.18 Å². The van der Waals surface area contributed by atoms with Gasteiger partial charge in [-0.25, -0.2) is 4.39 Å². The van der Waals surface area contributed by atoms with Crippen molar-refractivity contribution < 1.29 is 9.18 Å². The van der Waals surface area contributed by atoms with Crippen molar-refractivity contribution in [1.29, 1.82) is 0 Å². The van der Waals surface area contributed by atoms with Gasteiger partial charge in [0, 0.05) is 12.2 Å². The van der Waals surface area contributed by atoms with Gasteiger partial charge in [0.2, 0.25) is 5.91 Å². The lowest BCUT2D eigenvalue weighted by Gasteiger charge is -2.15. The molecule has 1 N–H and O–H groups in total. The number of hydrogen-bond acceptors (Lipinski definition) is 4. The average molecular weight is 413 g/mol. The molecular weight excluding hydrogens is 387 g/mol. The summed E-state index contributed by atoms with van der Waals surface area (Å²) in [5.74, 6) is 0.329. The predicted octanol–water partition coefficient (Wildman–Crippen LogP) is 5.17. The Morgan fingerprint density at radius 2 is 1.79 bits per heavy atom. The van der Waals surface area contributed by atoms with Crippen LogP contribution in [-0.2, 0) is 11.3 Å². The zero-order valence-corrected chi connectivity index (χ0v) is 17.8. The summed E-state index contributed by atoms with van der Waals surface area (Å²) >= 11 is 1.32. The van der Waals surface area contributed by atoms with Crippen LogP contribution in [0.2, 0.25) is 0 Å². The van der Waals surface area contributed by atoms with Gasteiger partial charge in [0.1, 0.15) is 5.82 Å². The van der Waals surface area contributed by atoms with E-state index < -0.39 is 0 Å². The number of hydrogen-bond donors (Lipinski definition) is 1. The number of anilines is 1. The first-order valence-corrected chi connectivity index (χ1v) is 10.5. The van der Waals surface area contributed by atoms with Gasteiger partial charge < -0.3 is 9.88 Å². The van der Waals surface area contributed by atoms with E-state index in [1.807, 2.05) is 42.7 Å². The number of aryl methyl sites for hydroxylation is 1. The lowest BCUT2D eigenvalue weighted by atomic mass is 10.2. The summed E-state index contributed by atoms with van der Waals surface area (Å²) in [6, 6.07) is 14.2. The molecule has 5 nitrogen and oxygen atoms in total. The van der Waals surface area contributed by atoms with Gasteiger partial charge in [-0.15, -0.1) is 10.2 Å². The fraction of sp³-hybridized carbons (Fsp3) is 0.318. The maximum Gasteiger partial charge on any atom is 0.237 e. The van der Waals surface area contributed by atoms with Crippen molar-refractivity contribution >= 4 is 23.4 Å². The van der Waals surface area contributed by atoms with Crippen molar-refractivity contribution in [3.05, 3.63) is 59.9 Å². The number of halogens is 1. The van der Waals surface area contributed by atoms with Gasteiger partial charge in [0.25, 0.3) is 0 Å². The molecule has 1 aromatic heterocycles. The van der Waals surface area contributed by atoms with Gasteiger partial charge in [-0.3, -0.25) is 4.79 Å². The number of carbonyl (C=O) groups is 1. The van der Waals surface area contributed by atoms with E-state index in [1.54, 1.807) is 18.2 Å². The molecule has 0 aliphatic rings. The van der Waals surface area contributed by atoms with E-state index in [0.29, 0.717) is 29.0 Å². The van der Waals surface area contributed by atoms with Crippen LogP contribution in [0.3, 0.4) is 0 Å². The normalized spacial score (nSPS) is 12.2. The third kappa shape index (κ3) is 5.23. The number of benzene rings is 2. The first-order chi connectivity index (χ1) is 13.8. The topological polar surface area (TPSA) is 59.8 Å². The Morgan fingerprint density at radius 3 is 2.45 bits per heavy atom. The highest BCUT2D eigenvalue weighted by molar-refractivity contribution is 8.00. The molecule has 29 heavy (non-hydrogen) atoms. The molecule has 1 unspecified atom stereocenters. The average Bonchev–Trinajstić information content (AvgIpc) is 3.05. The summed E-state index contributed by atoms with van der Waals surface area (Å²) in [5.41, 5.74) is 2.29. The van der Waals surface area contributed by atoms with Crippen LogP contribution in [0.25, 0.3) is 11.4 Å². The van der Waals surface area contributed by atoms with Crippen molar-refractivity contribution in [2.75, 3.05) is 5.32 Å². The molecular formula is C22H25FN4OS. The summed E-state index contributed by atoms with van der Waals surface area (Å²) in [4.78, 5) is 12.6. The number of thioether (sulfide) groups is 1. The van der Waals surface area contributed by atoms with Crippen LogP contribution in [-0.4, -0.2) is 25.9 Å². The fourth-order valence-corrected chi connectivity index (χ4v) is 3.70. The van der Waals surface area contributed by atoms with E-state index in [0.717, 1.165) is 11.3 Å². The van der Waals surface area contributed by atoms with Crippen LogP contribution in [0.15, 0.2) is 53.7 Å². The van der Waals surface area contributed by atoms with E-state index >= 15 is 0 Å². The highest BCUT2D eigenvalue weighted by Gasteiger charge is 2.22. The summed E-state index contributed by atoms with van der Waals surface area (Å²) in [6.45, 7) is 8.61. The van der Waals surface area contributed by atoms with Gasteiger partial charge >= 0.3 is 0 Å². The third-order valence-electron chi connectivity index (χ3n) is 4.35. The molecule has 1 heterocycles. The van der Waals surface area contributed by atoms with Crippen LogP contribution in [0.1, 0.15) is 26.3 Å². The van der Waals surface area contributed by atoms with Gasteiger partial charge in [0.15, 0.2) is 11.0 Å². The van der Waals surface area contributed by atoms with Crippen LogP contribution < -0.4 is 5.32 Å². The van der Waals surface area contributed by atoms with Crippen LogP contribution in [0.4, 0.5) is 10.1 Å². The first kappa shape index (κ1) is 21.0. The second-order valence-electron chi connectivity index (χ2n) is 7.41. The van der Waals surface area contributed by atoms with Crippen molar-refractivity contribution in [1.82, 2.24) is 14.8 Å². The van der Waals surface area contributed by atoms with Crippen LogP contribution in [0, 0.1) is 18.7 Å². The predicted molar refractivity (Wildman–Crippen MR) is 115 cm³/mol. The molecule has 0 fully saturated rings. The lowest BCUT2D eigenvalue weighted by Crippen LogP contribution is -2.23. The Hall–Kier alpha value is -2.67. The van der Waals surface area contributed by atoms with Crippen molar-refractivity contribution in [3.8, 4) is 11.4 Å². The third-order valence-corrected chi connectivity index (χ3v) is 5.43. The minimum absolute atomic E-state index is 0.120. The Bertz CT molecular complexity index is 985. The second-order valence-corrected chi connectivity index (χ2v) is 8.71. The molecule has 0 aliphatic heterocycles. The minimum atomic E-state index is -0.389. The highest BCUT2D eigenvalue weighted by atomic mass is 32.2. The number of amides is 1. The fourth-order valence-electron chi connectivity index (χ4n) is 2.84. The molecule has 1 amide bonds. The molecule has 0 saturated heterocycles. The summed E-state index contributed by atoms with van der Waals surface area (Å²) in [5, 5.41) is 11.6.